The molecule has 0 amide bonds. The van der Waals surface area contributed by atoms with Crippen molar-refractivity contribution in [3.8, 4) is 66.8 Å². The Morgan fingerprint density at radius 1 is 0.271 bits per heavy atom. The molecule has 0 unspecified atom stereocenters. The molecule has 0 radical (unpaired) electrons. The molecule has 70 heavy (non-hydrogen) atoms. The maximum Gasteiger partial charge on any atom is 0.282 e. The van der Waals surface area contributed by atoms with Crippen LogP contribution >= 0.6 is 0 Å². The van der Waals surface area contributed by atoms with Gasteiger partial charge in [0.15, 0.2) is 0 Å². The van der Waals surface area contributed by atoms with Crippen LogP contribution in [0.25, 0.3) is 110 Å². The van der Waals surface area contributed by atoms with Crippen molar-refractivity contribution in [2.24, 2.45) is 0 Å². The third-order valence-electron chi connectivity index (χ3n) is 14.4. The summed E-state index contributed by atoms with van der Waals surface area (Å²) in [7, 11) is -3.78. The number of aromatic nitrogens is 2. The number of hydrogen-bond acceptors (Lipinski definition) is 2. The van der Waals surface area contributed by atoms with Crippen LogP contribution < -0.4 is 21.5 Å². The van der Waals surface area contributed by atoms with E-state index in [0.29, 0.717) is 10.8 Å². The molecule has 0 aliphatic heterocycles. The van der Waals surface area contributed by atoms with E-state index in [1.54, 1.807) is 0 Å². The average Bonchev–Trinajstić information content (AvgIpc) is 3.85. The second-order valence-electron chi connectivity index (χ2n) is 20.8. The van der Waals surface area contributed by atoms with Gasteiger partial charge in [-0.1, -0.05) is 232 Å². The Morgan fingerprint density at radius 3 is 0.900 bits per heavy atom. The molecule has 0 fully saturated rings. The Labute approximate surface area is 409 Å². The van der Waals surface area contributed by atoms with Crippen LogP contribution in [-0.2, 0) is 0 Å². The minimum Gasteiger partial charge on any atom is -0.267 e. The number of rotatable bonds is 8. The molecule has 12 aromatic rings. The highest BCUT2D eigenvalue weighted by Crippen LogP contribution is 2.44. The Morgan fingerprint density at radius 2 is 0.571 bits per heavy atom. The van der Waals surface area contributed by atoms with Crippen molar-refractivity contribution in [1.29, 1.82) is 0 Å². The summed E-state index contributed by atoms with van der Waals surface area (Å²) >= 11 is 0. The lowest BCUT2D eigenvalue weighted by molar-refractivity contribution is 0.844. The van der Waals surface area contributed by atoms with E-state index in [2.05, 4.69) is 233 Å². The van der Waals surface area contributed by atoms with Crippen molar-refractivity contribution in [2.45, 2.75) is 39.3 Å². The van der Waals surface area contributed by atoms with Gasteiger partial charge in [0.2, 0.25) is 0 Å². The molecule has 0 aliphatic carbocycles. The van der Waals surface area contributed by atoms with Gasteiger partial charge in [-0.15, -0.1) is 0 Å². The van der Waals surface area contributed by atoms with E-state index in [9.17, 15) is 0 Å². The van der Waals surface area contributed by atoms with Crippen LogP contribution in [0.15, 0.2) is 216 Å². The molecule has 10 aromatic carbocycles. The maximum absolute atomic E-state index is 15.3. The van der Waals surface area contributed by atoms with Gasteiger partial charge in [-0.2, -0.15) is 4.52 Å². The van der Waals surface area contributed by atoms with Gasteiger partial charge in [-0.25, -0.2) is 4.52 Å². The molecule has 6 heteroatoms. The molecule has 2 heterocycles. The van der Waals surface area contributed by atoms with E-state index < -0.39 is 16.1 Å². The molecule has 0 saturated carbocycles. The standard InChI is InChI=1S/C64H52N2O2Si2/c1-69(2,3)59-39-49(41-23-11-7-12-24-41)55(35-51(59)43-27-15-9-16-28-43)53-37-57-61(47-33-21-19-31-45(47)53)65-62-48-34-22-20-32-46(48)54(38-58(62)64(68)66(65)63(57)67)56-36-52(44-29-17-10-18-30-44)60(70(4,5)6)40-50(56)42-25-13-8-14-26-42/h7-40H,1-6H3. The summed E-state index contributed by atoms with van der Waals surface area (Å²) in [6.45, 7) is 14.4. The van der Waals surface area contributed by atoms with Crippen LogP contribution in [0.5, 0.6) is 0 Å². The second kappa shape index (κ2) is 16.4. The molecule has 0 bridgehead atoms. The number of hydrogen-bond donors (Lipinski definition) is 0. The van der Waals surface area contributed by atoms with Crippen LogP contribution in [0.3, 0.4) is 0 Å². The quantitative estimate of drug-likeness (QED) is 0.143. The number of benzene rings is 10. The fourth-order valence-corrected chi connectivity index (χ4v) is 14.3. The first kappa shape index (κ1) is 43.4. The highest BCUT2D eigenvalue weighted by atomic mass is 28.3. The van der Waals surface area contributed by atoms with E-state index in [4.69, 9.17) is 0 Å². The van der Waals surface area contributed by atoms with Crippen molar-refractivity contribution in [1.82, 2.24) is 9.03 Å². The third-order valence-corrected chi connectivity index (χ3v) is 18.4. The highest BCUT2D eigenvalue weighted by molar-refractivity contribution is 6.90. The van der Waals surface area contributed by atoms with Gasteiger partial charge in [0.25, 0.3) is 11.1 Å². The molecule has 12 rings (SSSR count). The van der Waals surface area contributed by atoms with Crippen molar-refractivity contribution >= 4 is 69.9 Å². The summed E-state index contributed by atoms with van der Waals surface area (Å²) in [4.78, 5) is 30.7. The van der Waals surface area contributed by atoms with Gasteiger partial charge in [0, 0.05) is 10.8 Å². The van der Waals surface area contributed by atoms with Crippen molar-refractivity contribution in [3.05, 3.63) is 227 Å². The first-order valence-corrected chi connectivity index (χ1v) is 31.3. The Balaban J connectivity index is 1.18. The SMILES string of the molecule is C[Si](C)(C)c1cc(-c2ccccc2)c(-c2cc3c(=O)n4c(=O)c5cc(-c6cc(-c7ccccc7)c([Si](C)(C)C)cc6-c6ccccc6)c6ccccc6c5n4c3c3ccccc23)cc1-c1ccccc1. The van der Waals surface area contributed by atoms with Crippen LogP contribution in [0.2, 0.25) is 39.3 Å². The van der Waals surface area contributed by atoms with Gasteiger partial charge in [-0.05, 0) is 102 Å². The van der Waals surface area contributed by atoms with Gasteiger partial charge < -0.3 is 0 Å². The fourth-order valence-electron chi connectivity index (χ4n) is 11.1. The summed E-state index contributed by atoms with van der Waals surface area (Å²) in [5.41, 5.74) is 14.1. The lowest BCUT2D eigenvalue weighted by Crippen LogP contribution is -2.39. The predicted octanol–water partition coefficient (Wildman–Crippen LogP) is 14.9. The van der Waals surface area contributed by atoms with Crippen molar-refractivity contribution < 1.29 is 0 Å². The molecule has 0 aliphatic rings. The third kappa shape index (κ3) is 6.92. The lowest BCUT2D eigenvalue weighted by atomic mass is 9.87. The summed E-state index contributed by atoms with van der Waals surface area (Å²) < 4.78 is 3.32. The topological polar surface area (TPSA) is 43.0 Å². The van der Waals surface area contributed by atoms with Crippen LogP contribution in [-0.4, -0.2) is 25.2 Å². The fraction of sp³-hybridized carbons (Fsp3) is 0.0938. The zero-order valence-electron chi connectivity index (χ0n) is 40.3. The monoisotopic (exact) mass is 936 g/mol. The predicted molar refractivity (Wildman–Crippen MR) is 303 cm³/mol. The number of nitrogens with zero attached hydrogens (tertiary/aromatic N) is 2. The van der Waals surface area contributed by atoms with Crippen LogP contribution in [0.4, 0.5) is 0 Å². The zero-order valence-corrected chi connectivity index (χ0v) is 42.3. The van der Waals surface area contributed by atoms with Gasteiger partial charge in [0.05, 0.1) is 38.0 Å². The molecule has 4 nitrogen and oxygen atoms in total. The van der Waals surface area contributed by atoms with E-state index in [-0.39, 0.29) is 11.1 Å². The molecular formula is C64H52N2O2Si2. The van der Waals surface area contributed by atoms with Crippen molar-refractivity contribution in [3.63, 3.8) is 0 Å². The minimum absolute atomic E-state index is 0.326. The lowest BCUT2D eigenvalue weighted by Gasteiger charge is -2.25. The van der Waals surface area contributed by atoms with Gasteiger partial charge in [-0.3, -0.25) is 9.59 Å². The van der Waals surface area contributed by atoms with E-state index in [0.717, 1.165) is 77.1 Å². The molecule has 0 spiro atoms. The molecular weight excluding hydrogens is 885 g/mol. The Hall–Kier alpha value is -7.91. The molecule has 2 aromatic heterocycles. The first-order valence-electron chi connectivity index (χ1n) is 24.3. The molecule has 0 saturated heterocycles. The largest absolute Gasteiger partial charge is 0.282 e. The maximum atomic E-state index is 15.3. The average molecular weight is 937 g/mol. The van der Waals surface area contributed by atoms with Crippen LogP contribution in [0, 0.1) is 0 Å². The van der Waals surface area contributed by atoms with Gasteiger partial charge >= 0.3 is 0 Å². The van der Waals surface area contributed by atoms with E-state index in [1.807, 2.05) is 16.6 Å². The number of fused-ring (bicyclic) bond motifs is 9. The summed E-state index contributed by atoms with van der Waals surface area (Å²) in [6.07, 6.45) is 0. The Bertz CT molecular complexity index is 3880. The van der Waals surface area contributed by atoms with E-state index >= 15 is 9.59 Å². The van der Waals surface area contributed by atoms with Gasteiger partial charge in [0.1, 0.15) is 0 Å². The van der Waals surface area contributed by atoms with E-state index in [1.165, 1.54) is 37.1 Å². The minimum atomic E-state index is -1.89. The zero-order chi connectivity index (χ0) is 48.1. The summed E-state index contributed by atoms with van der Waals surface area (Å²) in [5, 5.41) is 7.62. The second-order valence-corrected chi connectivity index (χ2v) is 30.9. The van der Waals surface area contributed by atoms with Crippen LogP contribution in [0.1, 0.15) is 0 Å². The molecule has 0 atom stereocenters. The Kier molecular flexibility index (Phi) is 10.1. The molecule has 338 valence electrons. The smallest absolute Gasteiger partial charge is 0.267 e. The summed E-state index contributed by atoms with van der Waals surface area (Å²) in [5.74, 6) is 0. The first-order chi connectivity index (χ1) is 33.9. The highest BCUT2D eigenvalue weighted by Gasteiger charge is 2.29. The molecule has 0 N–H and O–H groups in total. The van der Waals surface area contributed by atoms with Crippen molar-refractivity contribution in [2.75, 3.05) is 0 Å². The summed E-state index contributed by atoms with van der Waals surface area (Å²) in [6, 6.07) is 73.0. The normalized spacial score (nSPS) is 12.3.